The first-order valence-corrected chi connectivity index (χ1v) is 6.58. The molecule has 0 saturated carbocycles. The molecule has 1 aliphatic rings. The third-order valence-electron chi connectivity index (χ3n) is 3.20. The molecule has 0 unspecified atom stereocenters. The largest absolute Gasteiger partial charge is 0.268 e. The summed E-state index contributed by atoms with van der Waals surface area (Å²) in [6.07, 6.45) is 2.60. The van der Waals surface area contributed by atoms with Crippen LogP contribution in [-0.4, -0.2) is 14.8 Å². The molecule has 3 nitrogen and oxygen atoms in total. The van der Waals surface area contributed by atoms with Crippen LogP contribution < -0.4 is 0 Å². The highest BCUT2D eigenvalue weighted by Gasteiger charge is 2.30. The number of hydrogen-bond donors (Lipinski definition) is 0. The Morgan fingerprint density at radius 2 is 2.06 bits per heavy atom. The van der Waals surface area contributed by atoms with Gasteiger partial charge in [0.2, 0.25) is 0 Å². The molecule has 2 aromatic rings. The average molecular weight is 282 g/mol. The van der Waals surface area contributed by atoms with Crippen LogP contribution in [0.1, 0.15) is 19.5 Å². The van der Waals surface area contributed by atoms with Crippen molar-refractivity contribution in [1.82, 2.24) is 14.8 Å². The fourth-order valence-corrected chi connectivity index (χ4v) is 2.79. The van der Waals surface area contributed by atoms with Crippen LogP contribution in [-0.2, 0) is 13.0 Å². The van der Waals surface area contributed by atoms with Gasteiger partial charge in [-0.2, -0.15) is 5.10 Å². The maximum Gasteiger partial charge on any atom is 0.129 e. The number of pyridine rings is 1. The Hall–Kier alpha value is -1.06. The summed E-state index contributed by atoms with van der Waals surface area (Å²) in [5, 5.41) is 5.62. The SMILES string of the molecule is CC1(C)Cc2cc(-c3cc(Cl)ncc3Cl)nn2C1. The molecule has 3 heterocycles. The van der Waals surface area contributed by atoms with Gasteiger partial charge in [-0.3, -0.25) is 4.68 Å². The van der Waals surface area contributed by atoms with Crippen LogP contribution >= 0.6 is 23.2 Å². The fourth-order valence-electron chi connectivity index (χ4n) is 2.43. The third-order valence-corrected chi connectivity index (χ3v) is 3.71. The van der Waals surface area contributed by atoms with Gasteiger partial charge in [0.15, 0.2) is 0 Å². The number of aromatic nitrogens is 3. The molecule has 3 rings (SSSR count). The molecule has 0 aromatic carbocycles. The molecule has 1 aliphatic heterocycles. The Morgan fingerprint density at radius 3 is 2.78 bits per heavy atom. The number of rotatable bonds is 1. The zero-order valence-corrected chi connectivity index (χ0v) is 11.8. The summed E-state index contributed by atoms with van der Waals surface area (Å²) in [6.45, 7) is 5.44. The first kappa shape index (κ1) is 12.0. The van der Waals surface area contributed by atoms with Gasteiger partial charge >= 0.3 is 0 Å². The minimum absolute atomic E-state index is 0.292. The van der Waals surface area contributed by atoms with E-state index < -0.39 is 0 Å². The van der Waals surface area contributed by atoms with Crippen molar-refractivity contribution >= 4 is 23.2 Å². The van der Waals surface area contributed by atoms with E-state index in [-0.39, 0.29) is 0 Å². The first-order chi connectivity index (χ1) is 8.44. The molecule has 0 N–H and O–H groups in total. The van der Waals surface area contributed by atoms with Crippen molar-refractivity contribution in [3.8, 4) is 11.3 Å². The van der Waals surface area contributed by atoms with E-state index in [0.29, 0.717) is 15.6 Å². The van der Waals surface area contributed by atoms with E-state index in [2.05, 4.69) is 34.7 Å². The Bertz CT molecular complexity index is 591. The molecule has 0 amide bonds. The second-order valence-corrected chi connectivity index (χ2v) is 6.30. The molecule has 0 aliphatic carbocycles. The molecule has 94 valence electrons. The second kappa shape index (κ2) is 3.97. The van der Waals surface area contributed by atoms with Gasteiger partial charge in [0, 0.05) is 24.0 Å². The number of halogens is 2. The van der Waals surface area contributed by atoms with E-state index in [1.165, 1.54) is 5.69 Å². The Balaban J connectivity index is 2.03. The molecular formula is C13H13Cl2N3. The zero-order valence-electron chi connectivity index (χ0n) is 10.2. The summed E-state index contributed by atoms with van der Waals surface area (Å²) in [5.41, 5.74) is 3.26. The van der Waals surface area contributed by atoms with Crippen LogP contribution in [0.2, 0.25) is 10.2 Å². The minimum atomic E-state index is 0.292. The standard InChI is InChI=1S/C13H13Cl2N3/c1-13(2)5-8-3-11(17-18(8)7-13)9-4-12(15)16-6-10(9)14/h3-4,6H,5,7H2,1-2H3. The van der Waals surface area contributed by atoms with Gasteiger partial charge in [-0.15, -0.1) is 0 Å². The first-order valence-electron chi connectivity index (χ1n) is 5.83. The minimum Gasteiger partial charge on any atom is -0.268 e. The highest BCUT2D eigenvalue weighted by atomic mass is 35.5. The lowest BCUT2D eigenvalue weighted by Gasteiger charge is -2.14. The zero-order chi connectivity index (χ0) is 12.9. The lowest BCUT2D eigenvalue weighted by molar-refractivity contribution is 0.347. The van der Waals surface area contributed by atoms with Gasteiger partial charge in [0.1, 0.15) is 5.15 Å². The van der Waals surface area contributed by atoms with Crippen LogP contribution in [0.5, 0.6) is 0 Å². The summed E-state index contributed by atoms with van der Waals surface area (Å²) in [7, 11) is 0. The highest BCUT2D eigenvalue weighted by Crippen LogP contribution is 2.35. The van der Waals surface area contributed by atoms with E-state index in [1.54, 1.807) is 12.3 Å². The lowest BCUT2D eigenvalue weighted by atomic mass is 9.91. The van der Waals surface area contributed by atoms with Gasteiger partial charge < -0.3 is 0 Å². The Morgan fingerprint density at radius 1 is 1.28 bits per heavy atom. The maximum absolute atomic E-state index is 6.14. The van der Waals surface area contributed by atoms with Crippen molar-refractivity contribution in [2.24, 2.45) is 5.41 Å². The Kier molecular flexibility index (Phi) is 2.65. The summed E-state index contributed by atoms with van der Waals surface area (Å²) in [4.78, 5) is 3.95. The smallest absolute Gasteiger partial charge is 0.129 e. The number of nitrogens with zero attached hydrogens (tertiary/aromatic N) is 3. The topological polar surface area (TPSA) is 30.7 Å². The summed E-state index contributed by atoms with van der Waals surface area (Å²) in [6, 6.07) is 3.85. The van der Waals surface area contributed by atoms with E-state index >= 15 is 0 Å². The molecule has 0 bridgehead atoms. The molecular weight excluding hydrogens is 269 g/mol. The summed E-state index contributed by atoms with van der Waals surface area (Å²) < 4.78 is 2.06. The monoisotopic (exact) mass is 281 g/mol. The van der Waals surface area contributed by atoms with Crippen LogP contribution in [0.3, 0.4) is 0 Å². The van der Waals surface area contributed by atoms with Crippen LogP contribution in [0.25, 0.3) is 11.3 Å². The van der Waals surface area contributed by atoms with E-state index in [9.17, 15) is 0 Å². The summed E-state index contributed by atoms with van der Waals surface area (Å²) in [5.74, 6) is 0. The van der Waals surface area contributed by atoms with Crippen molar-refractivity contribution in [3.63, 3.8) is 0 Å². The normalized spacial score (nSPS) is 16.9. The highest BCUT2D eigenvalue weighted by molar-refractivity contribution is 6.34. The van der Waals surface area contributed by atoms with E-state index in [0.717, 1.165) is 24.2 Å². The van der Waals surface area contributed by atoms with Crippen molar-refractivity contribution in [2.45, 2.75) is 26.8 Å². The molecule has 5 heteroatoms. The molecule has 2 aromatic heterocycles. The van der Waals surface area contributed by atoms with Gasteiger partial charge in [0.25, 0.3) is 0 Å². The third kappa shape index (κ3) is 2.02. The molecule has 0 fully saturated rings. The van der Waals surface area contributed by atoms with Gasteiger partial charge in [0.05, 0.1) is 10.7 Å². The van der Waals surface area contributed by atoms with Crippen LogP contribution in [0, 0.1) is 5.41 Å². The molecule has 0 atom stereocenters. The van der Waals surface area contributed by atoms with Gasteiger partial charge in [-0.25, -0.2) is 4.98 Å². The number of hydrogen-bond acceptors (Lipinski definition) is 2. The van der Waals surface area contributed by atoms with E-state index in [4.69, 9.17) is 23.2 Å². The van der Waals surface area contributed by atoms with Crippen molar-refractivity contribution in [3.05, 3.63) is 34.2 Å². The molecule has 18 heavy (non-hydrogen) atoms. The van der Waals surface area contributed by atoms with Gasteiger partial charge in [-0.05, 0) is 24.0 Å². The van der Waals surface area contributed by atoms with Crippen molar-refractivity contribution in [2.75, 3.05) is 0 Å². The van der Waals surface area contributed by atoms with Gasteiger partial charge in [-0.1, -0.05) is 37.0 Å². The van der Waals surface area contributed by atoms with Crippen molar-refractivity contribution in [1.29, 1.82) is 0 Å². The predicted octanol–water partition coefficient (Wildman–Crippen LogP) is 3.83. The summed E-state index contributed by atoms with van der Waals surface area (Å²) >= 11 is 12.0. The van der Waals surface area contributed by atoms with Crippen LogP contribution in [0.4, 0.5) is 0 Å². The van der Waals surface area contributed by atoms with Crippen molar-refractivity contribution < 1.29 is 0 Å². The molecule has 0 spiro atoms. The molecule has 0 radical (unpaired) electrons. The number of fused-ring (bicyclic) bond motifs is 1. The average Bonchev–Trinajstić information content (AvgIpc) is 2.74. The fraction of sp³-hybridized carbons (Fsp3) is 0.385. The quantitative estimate of drug-likeness (QED) is 0.744. The second-order valence-electron chi connectivity index (χ2n) is 5.51. The molecule has 0 saturated heterocycles. The van der Waals surface area contributed by atoms with E-state index in [1.807, 2.05) is 0 Å². The predicted molar refractivity (Wildman–Crippen MR) is 73.0 cm³/mol. The Labute approximate surface area is 116 Å². The maximum atomic E-state index is 6.14. The van der Waals surface area contributed by atoms with Crippen LogP contribution in [0.15, 0.2) is 18.3 Å². The lowest BCUT2D eigenvalue weighted by Crippen LogP contribution is -2.13.